The van der Waals surface area contributed by atoms with Crippen LogP contribution in [0.2, 0.25) is 0 Å². The topological polar surface area (TPSA) is 60.7 Å². The Labute approximate surface area is 123 Å². The average Bonchev–Trinajstić information content (AvgIpc) is 2.48. The summed E-state index contributed by atoms with van der Waals surface area (Å²) in [4.78, 5) is 0. The van der Waals surface area contributed by atoms with E-state index >= 15 is 0 Å². The van der Waals surface area contributed by atoms with Gasteiger partial charge in [0.1, 0.15) is 0 Å². The number of phenolic OH excluding ortho intramolecular Hbond substituents is 3. The first-order chi connectivity index (χ1) is 10.1. The summed E-state index contributed by atoms with van der Waals surface area (Å²) >= 11 is 0. The SMILES string of the molecule is CC1CCc2cccc3c2[C@@H]1Cc1cc(O)c(O)c(O)c1-3. The van der Waals surface area contributed by atoms with Crippen molar-refractivity contribution in [1.29, 1.82) is 0 Å². The minimum atomic E-state index is -0.423. The van der Waals surface area contributed by atoms with Gasteiger partial charge in [0, 0.05) is 5.56 Å². The van der Waals surface area contributed by atoms with Crippen LogP contribution in [-0.2, 0) is 12.8 Å². The van der Waals surface area contributed by atoms with E-state index in [0.29, 0.717) is 17.4 Å². The molecular weight excluding hydrogens is 264 g/mol. The fourth-order valence-electron chi connectivity index (χ4n) is 4.05. The van der Waals surface area contributed by atoms with Crippen LogP contribution in [0.25, 0.3) is 11.1 Å². The lowest BCUT2D eigenvalue weighted by Gasteiger charge is -2.37. The summed E-state index contributed by atoms with van der Waals surface area (Å²) in [5.41, 5.74) is 5.30. The van der Waals surface area contributed by atoms with Crippen molar-refractivity contribution in [2.45, 2.75) is 32.1 Å². The molecule has 2 aliphatic carbocycles. The Morgan fingerprint density at radius 3 is 2.67 bits per heavy atom. The zero-order valence-electron chi connectivity index (χ0n) is 11.9. The van der Waals surface area contributed by atoms with Gasteiger partial charge in [0.2, 0.25) is 5.75 Å². The number of hydrogen-bond acceptors (Lipinski definition) is 3. The van der Waals surface area contributed by atoms with Crippen LogP contribution in [0.15, 0.2) is 24.3 Å². The Hall–Kier alpha value is -2.16. The number of fused-ring (bicyclic) bond motifs is 2. The second-order valence-corrected chi connectivity index (χ2v) is 6.33. The number of rotatable bonds is 0. The second-order valence-electron chi connectivity index (χ2n) is 6.33. The quantitative estimate of drug-likeness (QED) is 0.646. The summed E-state index contributed by atoms with van der Waals surface area (Å²) in [5.74, 6) is 0.156. The number of aryl methyl sites for hydroxylation is 1. The molecule has 0 spiro atoms. The third-order valence-corrected chi connectivity index (χ3v) is 5.17. The first kappa shape index (κ1) is 12.6. The predicted molar refractivity (Wildman–Crippen MR) is 80.8 cm³/mol. The molecule has 0 saturated carbocycles. The van der Waals surface area contributed by atoms with Crippen molar-refractivity contribution in [3.63, 3.8) is 0 Å². The standard InChI is InChI=1S/C18H18O3/c1-9-5-6-10-3-2-4-12-15(10)13(9)7-11-8-14(19)17(20)18(21)16(11)12/h2-4,8-9,13,19-21H,5-7H2,1H3/t9?,13-/m1/s1. The molecule has 0 bridgehead atoms. The van der Waals surface area contributed by atoms with E-state index in [2.05, 4.69) is 13.0 Å². The molecule has 0 saturated heterocycles. The summed E-state index contributed by atoms with van der Waals surface area (Å²) in [6, 6.07) is 7.79. The minimum absolute atomic E-state index is 0.199. The highest BCUT2D eigenvalue weighted by Crippen LogP contribution is 2.54. The highest BCUT2D eigenvalue weighted by molar-refractivity contribution is 5.84. The molecule has 108 valence electrons. The van der Waals surface area contributed by atoms with E-state index in [1.807, 2.05) is 12.1 Å². The molecule has 4 rings (SSSR count). The van der Waals surface area contributed by atoms with Gasteiger partial charge in [0.25, 0.3) is 0 Å². The van der Waals surface area contributed by atoms with Crippen LogP contribution in [0, 0.1) is 5.92 Å². The van der Waals surface area contributed by atoms with Crippen molar-refractivity contribution in [1.82, 2.24) is 0 Å². The van der Waals surface area contributed by atoms with Gasteiger partial charge in [0.05, 0.1) is 0 Å². The molecule has 0 fully saturated rings. The normalized spacial score (nSPS) is 22.5. The Balaban J connectivity index is 2.06. The van der Waals surface area contributed by atoms with Crippen LogP contribution in [0.5, 0.6) is 17.2 Å². The van der Waals surface area contributed by atoms with E-state index < -0.39 is 5.75 Å². The lowest BCUT2D eigenvalue weighted by molar-refractivity contribution is 0.363. The lowest BCUT2D eigenvalue weighted by Crippen LogP contribution is -2.24. The molecular formula is C18H18O3. The van der Waals surface area contributed by atoms with Gasteiger partial charge in [0.15, 0.2) is 11.5 Å². The summed E-state index contributed by atoms with van der Waals surface area (Å²) in [5, 5.41) is 29.9. The van der Waals surface area contributed by atoms with Crippen LogP contribution in [0.1, 0.15) is 36.0 Å². The summed E-state index contributed by atoms with van der Waals surface area (Å²) in [7, 11) is 0. The largest absolute Gasteiger partial charge is 0.504 e. The van der Waals surface area contributed by atoms with Crippen LogP contribution in [-0.4, -0.2) is 15.3 Å². The van der Waals surface area contributed by atoms with Gasteiger partial charge in [-0.2, -0.15) is 0 Å². The molecule has 0 radical (unpaired) electrons. The van der Waals surface area contributed by atoms with E-state index in [4.69, 9.17) is 0 Å². The molecule has 1 unspecified atom stereocenters. The molecule has 0 amide bonds. The van der Waals surface area contributed by atoms with Gasteiger partial charge < -0.3 is 15.3 Å². The zero-order chi connectivity index (χ0) is 14.7. The highest BCUT2D eigenvalue weighted by atomic mass is 16.3. The third kappa shape index (κ3) is 1.60. The van der Waals surface area contributed by atoms with Crippen molar-refractivity contribution in [3.8, 4) is 28.4 Å². The van der Waals surface area contributed by atoms with Crippen molar-refractivity contribution < 1.29 is 15.3 Å². The Morgan fingerprint density at radius 1 is 1.05 bits per heavy atom. The van der Waals surface area contributed by atoms with Crippen LogP contribution in [0.4, 0.5) is 0 Å². The minimum Gasteiger partial charge on any atom is -0.504 e. The molecule has 2 atom stereocenters. The molecule has 2 aliphatic rings. The molecule has 2 aromatic carbocycles. The first-order valence-electron chi connectivity index (χ1n) is 7.47. The third-order valence-electron chi connectivity index (χ3n) is 5.17. The number of hydrogen-bond donors (Lipinski definition) is 3. The molecule has 3 heteroatoms. The van der Waals surface area contributed by atoms with Gasteiger partial charge in [-0.15, -0.1) is 0 Å². The fourth-order valence-corrected chi connectivity index (χ4v) is 4.05. The number of benzene rings is 2. The predicted octanol–water partition coefficient (Wildman–Crippen LogP) is 3.69. The van der Waals surface area contributed by atoms with Gasteiger partial charge in [-0.3, -0.25) is 0 Å². The van der Waals surface area contributed by atoms with Gasteiger partial charge in [-0.25, -0.2) is 0 Å². The summed E-state index contributed by atoms with van der Waals surface area (Å²) in [6.07, 6.45) is 3.05. The van der Waals surface area contributed by atoms with Crippen LogP contribution >= 0.6 is 0 Å². The number of aromatic hydroxyl groups is 3. The molecule has 3 nitrogen and oxygen atoms in total. The van der Waals surface area contributed by atoms with Crippen molar-refractivity contribution in [2.24, 2.45) is 5.92 Å². The van der Waals surface area contributed by atoms with E-state index in [0.717, 1.165) is 24.0 Å². The van der Waals surface area contributed by atoms with Crippen molar-refractivity contribution in [3.05, 3.63) is 41.0 Å². The van der Waals surface area contributed by atoms with Crippen molar-refractivity contribution >= 4 is 0 Å². The maximum Gasteiger partial charge on any atom is 0.200 e. The van der Waals surface area contributed by atoms with E-state index in [-0.39, 0.29) is 11.5 Å². The molecule has 0 aliphatic heterocycles. The molecule has 21 heavy (non-hydrogen) atoms. The number of phenols is 3. The maximum absolute atomic E-state index is 10.3. The first-order valence-corrected chi connectivity index (χ1v) is 7.47. The molecule has 2 aromatic rings. The molecule has 0 heterocycles. The van der Waals surface area contributed by atoms with Crippen LogP contribution < -0.4 is 0 Å². The Morgan fingerprint density at radius 2 is 1.86 bits per heavy atom. The smallest absolute Gasteiger partial charge is 0.200 e. The van der Waals surface area contributed by atoms with Gasteiger partial charge in [-0.1, -0.05) is 25.1 Å². The maximum atomic E-state index is 10.3. The lowest BCUT2D eigenvalue weighted by atomic mass is 9.67. The van der Waals surface area contributed by atoms with Gasteiger partial charge in [-0.05, 0) is 59.4 Å². The molecule has 0 aromatic heterocycles. The fraction of sp³-hybridized carbons (Fsp3) is 0.333. The van der Waals surface area contributed by atoms with Crippen LogP contribution in [0.3, 0.4) is 0 Å². The summed E-state index contributed by atoms with van der Waals surface area (Å²) in [6.45, 7) is 2.27. The van der Waals surface area contributed by atoms with E-state index in [9.17, 15) is 15.3 Å². The van der Waals surface area contributed by atoms with E-state index in [1.54, 1.807) is 6.07 Å². The van der Waals surface area contributed by atoms with Crippen molar-refractivity contribution in [2.75, 3.05) is 0 Å². The second kappa shape index (κ2) is 4.17. The summed E-state index contributed by atoms with van der Waals surface area (Å²) < 4.78 is 0. The average molecular weight is 282 g/mol. The Kier molecular flexibility index (Phi) is 2.49. The zero-order valence-corrected chi connectivity index (χ0v) is 11.9. The Bertz CT molecular complexity index is 749. The highest BCUT2D eigenvalue weighted by Gasteiger charge is 2.35. The van der Waals surface area contributed by atoms with Gasteiger partial charge >= 0.3 is 0 Å². The van der Waals surface area contributed by atoms with E-state index in [1.165, 1.54) is 17.5 Å². The molecule has 3 N–H and O–H groups in total. The monoisotopic (exact) mass is 282 g/mol.